The van der Waals surface area contributed by atoms with Crippen LogP contribution in [0.25, 0.3) is 57.0 Å². The minimum atomic E-state index is 0.786. The van der Waals surface area contributed by atoms with Gasteiger partial charge in [0.05, 0.1) is 22.1 Å². The standard InChI is InChI=1S/C24H18N8/c1(3-21-29-17-7-5-15(13-19(17)31-21)23-25-9-10-26-23)2-4-22-30-18-8-6-16(14-20(18)32-22)24-27-11-12-28-24/h1-14H,(H,25,26)(H,27,28)(H,29,31)(H,30,32). The number of aromatic nitrogens is 8. The minimum Gasteiger partial charge on any atom is -0.345 e. The number of imidazole rings is 4. The summed E-state index contributed by atoms with van der Waals surface area (Å²) < 4.78 is 0. The maximum Gasteiger partial charge on any atom is 0.137 e. The number of hydrogen-bond donors (Lipinski definition) is 4. The maximum atomic E-state index is 4.61. The maximum absolute atomic E-state index is 4.61. The van der Waals surface area contributed by atoms with Gasteiger partial charge in [0.1, 0.15) is 23.3 Å². The quantitative estimate of drug-likeness (QED) is 0.297. The van der Waals surface area contributed by atoms with Crippen molar-refractivity contribution in [3.63, 3.8) is 0 Å². The Labute approximate surface area is 182 Å². The van der Waals surface area contributed by atoms with Gasteiger partial charge in [-0.3, -0.25) is 0 Å². The fraction of sp³-hybridized carbons (Fsp3) is 0. The molecule has 32 heavy (non-hydrogen) atoms. The fourth-order valence-corrected chi connectivity index (χ4v) is 3.65. The van der Waals surface area contributed by atoms with Crippen molar-refractivity contribution in [3.05, 3.63) is 85.0 Å². The van der Waals surface area contributed by atoms with Gasteiger partial charge in [-0.1, -0.05) is 12.2 Å². The van der Waals surface area contributed by atoms with Crippen LogP contribution in [0, 0.1) is 0 Å². The lowest BCUT2D eigenvalue weighted by Crippen LogP contribution is -1.80. The predicted molar refractivity (Wildman–Crippen MR) is 125 cm³/mol. The topological polar surface area (TPSA) is 115 Å². The SMILES string of the molecule is C(C=Cc1nc2ccc(-c3ncc[nH]3)cc2[nH]1)=Cc1nc2ccc(-c3ncc[nH]3)cc2[nH]1. The van der Waals surface area contributed by atoms with Crippen LogP contribution in [-0.4, -0.2) is 39.9 Å². The van der Waals surface area contributed by atoms with Crippen LogP contribution < -0.4 is 0 Å². The zero-order chi connectivity index (χ0) is 21.3. The Bertz CT molecular complexity index is 1440. The molecule has 0 aliphatic heterocycles. The first kappa shape index (κ1) is 18.1. The van der Waals surface area contributed by atoms with Gasteiger partial charge in [-0.25, -0.2) is 19.9 Å². The Morgan fingerprint density at radius 1 is 0.625 bits per heavy atom. The van der Waals surface area contributed by atoms with Gasteiger partial charge < -0.3 is 19.9 Å². The third-order valence-electron chi connectivity index (χ3n) is 5.16. The molecule has 0 aliphatic carbocycles. The second-order valence-electron chi connectivity index (χ2n) is 7.30. The van der Waals surface area contributed by atoms with E-state index < -0.39 is 0 Å². The molecule has 0 fully saturated rings. The first-order chi connectivity index (χ1) is 15.8. The number of rotatable bonds is 5. The molecule has 2 aromatic carbocycles. The number of fused-ring (bicyclic) bond motifs is 2. The normalized spacial score (nSPS) is 12.1. The molecule has 6 aromatic rings. The molecular formula is C24H18N8. The Kier molecular flexibility index (Phi) is 4.25. The van der Waals surface area contributed by atoms with E-state index in [0.717, 1.165) is 56.5 Å². The van der Waals surface area contributed by atoms with E-state index in [1.807, 2.05) is 73.1 Å². The molecule has 0 radical (unpaired) electrons. The third kappa shape index (κ3) is 3.39. The number of H-pyrrole nitrogens is 4. The smallest absolute Gasteiger partial charge is 0.137 e. The number of aromatic amines is 4. The Morgan fingerprint density at radius 3 is 1.56 bits per heavy atom. The monoisotopic (exact) mass is 418 g/mol. The van der Waals surface area contributed by atoms with Crippen LogP contribution in [0.15, 0.2) is 73.3 Å². The molecule has 8 nitrogen and oxygen atoms in total. The summed E-state index contributed by atoms with van der Waals surface area (Å²) in [6.07, 6.45) is 14.8. The van der Waals surface area contributed by atoms with Crippen molar-refractivity contribution in [2.45, 2.75) is 0 Å². The molecule has 0 saturated heterocycles. The number of allylic oxidation sites excluding steroid dienone is 2. The van der Waals surface area contributed by atoms with E-state index in [1.54, 1.807) is 12.4 Å². The van der Waals surface area contributed by atoms with Crippen LogP contribution in [-0.2, 0) is 0 Å². The molecule has 4 aromatic heterocycles. The largest absolute Gasteiger partial charge is 0.345 e. The molecule has 0 spiro atoms. The van der Waals surface area contributed by atoms with Crippen LogP contribution in [0.2, 0.25) is 0 Å². The fourth-order valence-electron chi connectivity index (χ4n) is 3.65. The van der Waals surface area contributed by atoms with Crippen molar-refractivity contribution < 1.29 is 0 Å². The van der Waals surface area contributed by atoms with Crippen molar-refractivity contribution >= 4 is 34.2 Å². The molecule has 4 heterocycles. The van der Waals surface area contributed by atoms with E-state index in [0.29, 0.717) is 0 Å². The number of benzene rings is 2. The molecule has 0 amide bonds. The van der Waals surface area contributed by atoms with Crippen LogP contribution in [0.1, 0.15) is 11.6 Å². The average Bonchev–Trinajstić information content (AvgIpc) is 3.61. The van der Waals surface area contributed by atoms with Gasteiger partial charge in [0.2, 0.25) is 0 Å². The Morgan fingerprint density at radius 2 is 1.12 bits per heavy atom. The van der Waals surface area contributed by atoms with E-state index in [9.17, 15) is 0 Å². The first-order valence-electron chi connectivity index (χ1n) is 10.2. The highest BCUT2D eigenvalue weighted by molar-refractivity contribution is 5.83. The first-order valence-corrected chi connectivity index (χ1v) is 10.2. The molecule has 0 bridgehead atoms. The highest BCUT2D eigenvalue weighted by atomic mass is 14.9. The van der Waals surface area contributed by atoms with Gasteiger partial charge >= 0.3 is 0 Å². The summed E-state index contributed by atoms with van der Waals surface area (Å²) in [6.45, 7) is 0. The highest BCUT2D eigenvalue weighted by Crippen LogP contribution is 2.22. The molecule has 0 saturated carbocycles. The minimum absolute atomic E-state index is 0.786. The zero-order valence-corrected chi connectivity index (χ0v) is 16.9. The second-order valence-corrected chi connectivity index (χ2v) is 7.30. The van der Waals surface area contributed by atoms with Gasteiger partial charge in [0.25, 0.3) is 0 Å². The van der Waals surface area contributed by atoms with Crippen LogP contribution >= 0.6 is 0 Å². The second kappa shape index (κ2) is 7.51. The molecule has 8 heteroatoms. The lowest BCUT2D eigenvalue weighted by atomic mass is 10.2. The number of nitrogens with one attached hydrogen (secondary N) is 4. The van der Waals surface area contributed by atoms with E-state index in [-0.39, 0.29) is 0 Å². The summed E-state index contributed by atoms with van der Waals surface area (Å²) >= 11 is 0. The van der Waals surface area contributed by atoms with Gasteiger partial charge in [-0.05, 0) is 48.6 Å². The van der Waals surface area contributed by atoms with Gasteiger partial charge in [-0.15, -0.1) is 0 Å². The summed E-state index contributed by atoms with van der Waals surface area (Å²) in [6, 6.07) is 12.1. The van der Waals surface area contributed by atoms with Crippen molar-refractivity contribution in [1.29, 1.82) is 0 Å². The van der Waals surface area contributed by atoms with Crippen molar-refractivity contribution in [2.24, 2.45) is 0 Å². The van der Waals surface area contributed by atoms with E-state index in [2.05, 4.69) is 39.9 Å². The number of nitrogens with zero attached hydrogens (tertiary/aromatic N) is 4. The molecule has 0 aliphatic rings. The van der Waals surface area contributed by atoms with Gasteiger partial charge in [-0.2, -0.15) is 0 Å². The summed E-state index contributed by atoms with van der Waals surface area (Å²) in [4.78, 5) is 30.7. The van der Waals surface area contributed by atoms with E-state index in [1.165, 1.54) is 0 Å². The third-order valence-corrected chi connectivity index (χ3v) is 5.16. The molecule has 154 valence electrons. The number of hydrogen-bond acceptors (Lipinski definition) is 4. The highest BCUT2D eigenvalue weighted by Gasteiger charge is 2.06. The predicted octanol–water partition coefficient (Wildman–Crippen LogP) is 4.95. The van der Waals surface area contributed by atoms with Crippen molar-refractivity contribution in [2.75, 3.05) is 0 Å². The summed E-state index contributed by atoms with van der Waals surface area (Å²) in [5.74, 6) is 3.25. The summed E-state index contributed by atoms with van der Waals surface area (Å²) in [5.41, 5.74) is 5.78. The van der Waals surface area contributed by atoms with Crippen LogP contribution in [0.3, 0.4) is 0 Å². The van der Waals surface area contributed by atoms with Gasteiger partial charge in [0, 0.05) is 35.9 Å². The van der Waals surface area contributed by atoms with Gasteiger partial charge in [0.15, 0.2) is 0 Å². The molecule has 0 atom stereocenters. The summed E-state index contributed by atoms with van der Waals surface area (Å²) in [5, 5.41) is 0. The van der Waals surface area contributed by atoms with Crippen LogP contribution in [0.5, 0.6) is 0 Å². The van der Waals surface area contributed by atoms with E-state index in [4.69, 9.17) is 0 Å². The lowest BCUT2D eigenvalue weighted by molar-refractivity contribution is 1.29. The lowest BCUT2D eigenvalue weighted by Gasteiger charge is -1.95. The Balaban J connectivity index is 1.20. The summed E-state index contributed by atoms with van der Waals surface area (Å²) in [7, 11) is 0. The average molecular weight is 418 g/mol. The van der Waals surface area contributed by atoms with E-state index >= 15 is 0 Å². The molecule has 4 N–H and O–H groups in total. The molecule has 0 unspecified atom stereocenters. The zero-order valence-electron chi connectivity index (χ0n) is 16.9. The van der Waals surface area contributed by atoms with Crippen molar-refractivity contribution in [3.8, 4) is 22.8 Å². The molecule has 6 rings (SSSR count). The Hall–Kier alpha value is -4.72. The molecular weight excluding hydrogens is 400 g/mol. The van der Waals surface area contributed by atoms with Crippen molar-refractivity contribution in [1.82, 2.24) is 39.9 Å². The van der Waals surface area contributed by atoms with Crippen LogP contribution in [0.4, 0.5) is 0 Å².